The van der Waals surface area contributed by atoms with Crippen LogP contribution in [0.1, 0.15) is 19.5 Å². The van der Waals surface area contributed by atoms with Crippen LogP contribution in [0.25, 0.3) is 0 Å². The number of halogens is 2. The summed E-state index contributed by atoms with van der Waals surface area (Å²) < 4.78 is 5.51. The molecule has 1 heterocycles. The molecule has 1 N–H and O–H groups in total. The summed E-state index contributed by atoms with van der Waals surface area (Å²) >= 11 is 11.8. The van der Waals surface area contributed by atoms with Crippen molar-refractivity contribution in [1.29, 1.82) is 0 Å². The average Bonchev–Trinajstić information content (AvgIpc) is 2.55. The van der Waals surface area contributed by atoms with E-state index in [1.807, 2.05) is 6.07 Å². The van der Waals surface area contributed by atoms with Gasteiger partial charge in [-0.1, -0.05) is 29.3 Å². The summed E-state index contributed by atoms with van der Waals surface area (Å²) in [5.74, 6) is -0.0181. The van der Waals surface area contributed by atoms with Crippen LogP contribution in [-0.4, -0.2) is 22.7 Å². The van der Waals surface area contributed by atoms with Crippen LogP contribution in [-0.2, 0) is 4.79 Å². The maximum Gasteiger partial charge on any atom is 0.280 e. The maximum absolute atomic E-state index is 12.0. The molecular formula is C16H15Cl2N3O2. The summed E-state index contributed by atoms with van der Waals surface area (Å²) in [6.07, 6.45) is 0.888. The van der Waals surface area contributed by atoms with Crippen LogP contribution < -0.4 is 10.2 Å². The number of nitrogens with one attached hydrogen (secondary N) is 1. The van der Waals surface area contributed by atoms with Gasteiger partial charge in [-0.2, -0.15) is 5.10 Å². The highest BCUT2D eigenvalue weighted by Crippen LogP contribution is 2.28. The van der Waals surface area contributed by atoms with Crippen LogP contribution in [0.4, 0.5) is 0 Å². The molecule has 1 amide bonds. The normalized spacial score (nSPS) is 12.6. The van der Waals surface area contributed by atoms with Gasteiger partial charge in [0.05, 0.1) is 16.4 Å². The molecule has 120 valence electrons. The molecule has 7 heteroatoms. The van der Waals surface area contributed by atoms with E-state index in [4.69, 9.17) is 27.9 Å². The molecule has 0 fully saturated rings. The molecule has 1 atom stereocenters. The fraction of sp³-hybridized carbons (Fsp3) is 0.188. The van der Waals surface area contributed by atoms with E-state index in [0.717, 1.165) is 0 Å². The minimum Gasteiger partial charge on any atom is -0.479 e. The number of amides is 1. The fourth-order valence-corrected chi connectivity index (χ4v) is 2.13. The van der Waals surface area contributed by atoms with E-state index >= 15 is 0 Å². The predicted octanol–water partition coefficient (Wildman–Crippen LogP) is 3.70. The lowest BCUT2D eigenvalue weighted by molar-refractivity contribution is -0.127. The number of carbonyl (C=O) groups is 1. The van der Waals surface area contributed by atoms with Crippen molar-refractivity contribution in [3.05, 3.63) is 58.3 Å². The standard InChI is InChI=1S/C16H15Cl2N3O2/c1-10(14-5-3-4-8-19-14)20-21-16(22)11(2)23-15-7-6-12(17)9-13(15)18/h3-9,11H,1-2H3,(H,21,22)/t11-/m1/s1. The monoisotopic (exact) mass is 351 g/mol. The zero-order valence-electron chi connectivity index (χ0n) is 12.6. The number of pyridine rings is 1. The highest BCUT2D eigenvalue weighted by atomic mass is 35.5. The van der Waals surface area contributed by atoms with E-state index in [9.17, 15) is 4.79 Å². The number of hydrogen-bond acceptors (Lipinski definition) is 4. The van der Waals surface area contributed by atoms with E-state index in [-0.39, 0.29) is 0 Å². The zero-order chi connectivity index (χ0) is 16.8. The molecule has 0 bridgehead atoms. The number of benzene rings is 1. The molecule has 1 aromatic heterocycles. The summed E-state index contributed by atoms with van der Waals surface area (Å²) in [6, 6.07) is 10.2. The first-order valence-electron chi connectivity index (χ1n) is 6.84. The Bertz CT molecular complexity index is 721. The molecule has 0 spiro atoms. The molecule has 0 saturated heterocycles. The van der Waals surface area contributed by atoms with Gasteiger partial charge in [-0.25, -0.2) is 5.43 Å². The quantitative estimate of drug-likeness (QED) is 0.659. The second-order valence-electron chi connectivity index (χ2n) is 4.72. The molecule has 2 aromatic rings. The molecule has 0 radical (unpaired) electrons. The molecule has 0 unspecified atom stereocenters. The molecule has 0 saturated carbocycles. The van der Waals surface area contributed by atoms with Crippen molar-refractivity contribution in [1.82, 2.24) is 10.4 Å². The van der Waals surface area contributed by atoms with Crippen LogP contribution in [0, 0.1) is 0 Å². The van der Waals surface area contributed by atoms with Gasteiger partial charge >= 0.3 is 0 Å². The Hall–Kier alpha value is -2.11. The SMILES string of the molecule is CC(=NNC(=O)[C@@H](C)Oc1ccc(Cl)cc1Cl)c1ccccn1. The van der Waals surface area contributed by atoms with E-state index in [1.54, 1.807) is 50.4 Å². The number of carbonyl (C=O) groups excluding carboxylic acids is 1. The third kappa shape index (κ3) is 4.94. The molecule has 0 aliphatic heterocycles. The Morgan fingerprint density at radius 2 is 2.09 bits per heavy atom. The van der Waals surface area contributed by atoms with Crippen LogP contribution in [0.5, 0.6) is 5.75 Å². The molecule has 23 heavy (non-hydrogen) atoms. The first-order chi connectivity index (χ1) is 11.0. The Morgan fingerprint density at radius 3 is 2.74 bits per heavy atom. The van der Waals surface area contributed by atoms with Gasteiger partial charge in [0.2, 0.25) is 0 Å². The third-order valence-corrected chi connectivity index (χ3v) is 3.47. The van der Waals surface area contributed by atoms with Crippen molar-refractivity contribution in [2.24, 2.45) is 5.10 Å². The summed E-state index contributed by atoms with van der Waals surface area (Å²) in [5.41, 5.74) is 3.72. The molecule has 5 nitrogen and oxygen atoms in total. The molecule has 0 aliphatic carbocycles. The van der Waals surface area contributed by atoms with E-state index in [1.165, 1.54) is 0 Å². The van der Waals surface area contributed by atoms with Crippen molar-refractivity contribution in [3.8, 4) is 5.75 Å². The van der Waals surface area contributed by atoms with Crippen molar-refractivity contribution in [2.45, 2.75) is 20.0 Å². The summed E-state index contributed by atoms with van der Waals surface area (Å²) in [6.45, 7) is 3.36. The molecule has 2 rings (SSSR count). The van der Waals surface area contributed by atoms with Crippen molar-refractivity contribution >= 4 is 34.8 Å². The highest BCUT2D eigenvalue weighted by Gasteiger charge is 2.16. The first-order valence-corrected chi connectivity index (χ1v) is 7.60. The topological polar surface area (TPSA) is 63.6 Å². The lowest BCUT2D eigenvalue weighted by Gasteiger charge is -2.14. The van der Waals surface area contributed by atoms with E-state index in [2.05, 4.69) is 15.5 Å². The molecular weight excluding hydrogens is 337 g/mol. The number of ether oxygens (including phenoxy) is 1. The maximum atomic E-state index is 12.0. The minimum atomic E-state index is -0.769. The van der Waals surface area contributed by atoms with Gasteiger partial charge < -0.3 is 4.74 Å². The Kier molecular flexibility index (Phi) is 5.96. The number of hydrazone groups is 1. The highest BCUT2D eigenvalue weighted by molar-refractivity contribution is 6.35. The number of aromatic nitrogens is 1. The predicted molar refractivity (Wildman–Crippen MR) is 91.1 cm³/mol. The van der Waals surface area contributed by atoms with E-state index in [0.29, 0.717) is 27.2 Å². The minimum absolute atomic E-state index is 0.338. The number of rotatable bonds is 5. The Morgan fingerprint density at radius 1 is 1.30 bits per heavy atom. The van der Waals surface area contributed by atoms with Gasteiger partial charge in [-0.15, -0.1) is 0 Å². The lowest BCUT2D eigenvalue weighted by Crippen LogP contribution is -2.34. The third-order valence-electron chi connectivity index (χ3n) is 2.94. The fourth-order valence-electron chi connectivity index (χ4n) is 1.68. The van der Waals surface area contributed by atoms with Crippen molar-refractivity contribution in [2.75, 3.05) is 0 Å². The Balaban J connectivity index is 1.97. The molecule has 1 aromatic carbocycles. The summed E-state index contributed by atoms with van der Waals surface area (Å²) in [5, 5.41) is 4.85. The van der Waals surface area contributed by atoms with Crippen LogP contribution in [0.2, 0.25) is 10.0 Å². The van der Waals surface area contributed by atoms with Gasteiger partial charge in [0, 0.05) is 11.2 Å². The van der Waals surface area contributed by atoms with Gasteiger partial charge in [-0.3, -0.25) is 9.78 Å². The second kappa shape index (κ2) is 7.94. The van der Waals surface area contributed by atoms with Gasteiger partial charge in [0.15, 0.2) is 6.10 Å². The summed E-state index contributed by atoms with van der Waals surface area (Å²) in [4.78, 5) is 16.2. The van der Waals surface area contributed by atoms with Crippen LogP contribution in [0.15, 0.2) is 47.7 Å². The van der Waals surface area contributed by atoms with Crippen LogP contribution in [0.3, 0.4) is 0 Å². The van der Waals surface area contributed by atoms with Gasteiger partial charge in [0.25, 0.3) is 5.91 Å². The van der Waals surface area contributed by atoms with E-state index < -0.39 is 12.0 Å². The average molecular weight is 352 g/mol. The van der Waals surface area contributed by atoms with Gasteiger partial charge in [0.1, 0.15) is 5.75 Å². The number of nitrogens with zero attached hydrogens (tertiary/aromatic N) is 2. The molecule has 0 aliphatic rings. The Labute approximate surface area is 144 Å². The van der Waals surface area contributed by atoms with Crippen LogP contribution >= 0.6 is 23.2 Å². The van der Waals surface area contributed by atoms with Gasteiger partial charge in [-0.05, 0) is 44.2 Å². The number of hydrogen-bond donors (Lipinski definition) is 1. The first kappa shape index (κ1) is 17.2. The zero-order valence-corrected chi connectivity index (χ0v) is 14.1. The largest absolute Gasteiger partial charge is 0.479 e. The smallest absolute Gasteiger partial charge is 0.280 e. The van der Waals surface area contributed by atoms with Crippen molar-refractivity contribution < 1.29 is 9.53 Å². The summed E-state index contributed by atoms with van der Waals surface area (Å²) in [7, 11) is 0. The van der Waals surface area contributed by atoms with Crippen molar-refractivity contribution in [3.63, 3.8) is 0 Å². The lowest BCUT2D eigenvalue weighted by atomic mass is 10.3. The second-order valence-corrected chi connectivity index (χ2v) is 5.57.